The maximum atomic E-state index is 13.6. The first-order chi connectivity index (χ1) is 22.8. The lowest BCUT2D eigenvalue weighted by atomic mass is 10.1. The van der Waals surface area contributed by atoms with Crippen LogP contribution in [0.15, 0.2) is 144 Å². The highest BCUT2D eigenvalue weighted by Gasteiger charge is 2.23. The fraction of sp³-hybridized carbons (Fsp3) is 0.0526. The maximum Gasteiger partial charge on any atom is 0.335 e. The Morgan fingerprint density at radius 2 is 1.32 bits per heavy atom. The molecule has 0 spiro atoms. The van der Waals surface area contributed by atoms with Crippen molar-refractivity contribution in [3.63, 3.8) is 0 Å². The van der Waals surface area contributed by atoms with Gasteiger partial charge in [-0.15, -0.1) is 11.8 Å². The van der Waals surface area contributed by atoms with Crippen molar-refractivity contribution in [2.75, 3.05) is 10.6 Å². The summed E-state index contributed by atoms with van der Waals surface area (Å²) >= 11 is 1.32. The second kappa shape index (κ2) is 15.4. The van der Waals surface area contributed by atoms with Crippen molar-refractivity contribution >= 4 is 52.9 Å². The Balaban J connectivity index is 1.33. The lowest BCUT2D eigenvalue weighted by molar-refractivity contribution is -0.116. The van der Waals surface area contributed by atoms with Gasteiger partial charge in [-0.05, 0) is 78.2 Å². The largest absolute Gasteiger partial charge is 0.478 e. The average Bonchev–Trinajstić information content (AvgIpc) is 3.09. The van der Waals surface area contributed by atoms with Gasteiger partial charge in [-0.1, -0.05) is 84.9 Å². The lowest BCUT2D eigenvalue weighted by Crippen LogP contribution is -2.30. The summed E-state index contributed by atoms with van der Waals surface area (Å²) in [6.45, 7) is 1.80. The molecule has 0 saturated heterocycles. The number of carbonyl (C=O) groups excluding carboxylic acids is 3. The van der Waals surface area contributed by atoms with E-state index in [0.29, 0.717) is 16.9 Å². The summed E-state index contributed by atoms with van der Waals surface area (Å²) in [4.78, 5) is 52.2. The van der Waals surface area contributed by atoms with Gasteiger partial charge in [0.15, 0.2) is 0 Å². The monoisotopic (exact) mass is 641 g/mol. The van der Waals surface area contributed by atoms with Gasteiger partial charge in [0.2, 0.25) is 5.91 Å². The highest BCUT2D eigenvalue weighted by atomic mass is 32.2. The maximum absolute atomic E-state index is 13.6. The number of amides is 3. The van der Waals surface area contributed by atoms with Gasteiger partial charge in [0.1, 0.15) is 10.9 Å². The zero-order valence-electron chi connectivity index (χ0n) is 25.3. The van der Waals surface area contributed by atoms with Gasteiger partial charge in [-0.3, -0.25) is 14.4 Å². The van der Waals surface area contributed by atoms with Crippen molar-refractivity contribution in [1.29, 1.82) is 0 Å². The predicted molar refractivity (Wildman–Crippen MR) is 185 cm³/mol. The van der Waals surface area contributed by atoms with Crippen LogP contribution in [0.4, 0.5) is 11.4 Å². The van der Waals surface area contributed by atoms with E-state index in [1.165, 1.54) is 23.9 Å². The normalized spacial score (nSPS) is 11.6. The topological polar surface area (TPSA) is 125 Å². The molecule has 1 atom stereocenters. The van der Waals surface area contributed by atoms with Crippen molar-refractivity contribution in [1.82, 2.24) is 5.32 Å². The molecule has 0 aliphatic heterocycles. The summed E-state index contributed by atoms with van der Waals surface area (Å²) in [7, 11) is 0. The number of carboxylic acid groups (broad SMARTS) is 1. The van der Waals surface area contributed by atoms with Crippen LogP contribution in [0.25, 0.3) is 6.08 Å². The minimum atomic E-state index is -1.08. The van der Waals surface area contributed by atoms with Gasteiger partial charge in [0, 0.05) is 21.8 Å². The van der Waals surface area contributed by atoms with Crippen molar-refractivity contribution in [2.24, 2.45) is 0 Å². The highest BCUT2D eigenvalue weighted by molar-refractivity contribution is 8.00. The summed E-state index contributed by atoms with van der Waals surface area (Å²) in [6.07, 6.45) is 1.61. The van der Waals surface area contributed by atoms with Gasteiger partial charge in [-0.25, -0.2) is 4.79 Å². The molecule has 0 aliphatic rings. The highest BCUT2D eigenvalue weighted by Crippen LogP contribution is 2.37. The van der Waals surface area contributed by atoms with E-state index in [4.69, 9.17) is 0 Å². The zero-order chi connectivity index (χ0) is 33.2. The van der Waals surface area contributed by atoms with E-state index in [9.17, 15) is 24.3 Å². The summed E-state index contributed by atoms with van der Waals surface area (Å²) < 4.78 is 0. The number of carboxylic acids is 1. The molecule has 4 N–H and O–H groups in total. The number of rotatable bonds is 11. The van der Waals surface area contributed by atoms with Crippen molar-refractivity contribution in [2.45, 2.75) is 17.1 Å². The molecule has 0 bridgehead atoms. The third-order valence-corrected chi connectivity index (χ3v) is 8.35. The molecule has 5 aromatic rings. The SMILES string of the molecule is Cc1ccc(C(=O)O)cc1NC(=O)C(Sc1ccc(NC(=O)/C(=C/c2ccccc2)NC(=O)c2ccccc2)cc1)c1ccccc1. The van der Waals surface area contributed by atoms with Crippen LogP contribution in [0.2, 0.25) is 0 Å². The fourth-order valence-electron chi connectivity index (χ4n) is 4.60. The molecule has 47 heavy (non-hydrogen) atoms. The van der Waals surface area contributed by atoms with Gasteiger partial charge in [-0.2, -0.15) is 0 Å². The fourth-order valence-corrected chi connectivity index (χ4v) is 5.62. The Morgan fingerprint density at radius 3 is 1.96 bits per heavy atom. The van der Waals surface area contributed by atoms with Crippen LogP contribution in [0.3, 0.4) is 0 Å². The molecule has 5 rings (SSSR count). The number of carbonyl (C=O) groups is 4. The Hall–Kier alpha value is -5.93. The molecule has 3 amide bonds. The molecule has 0 heterocycles. The number of hydrogen-bond acceptors (Lipinski definition) is 5. The van der Waals surface area contributed by atoms with Crippen LogP contribution in [-0.4, -0.2) is 28.8 Å². The van der Waals surface area contributed by atoms with E-state index in [1.807, 2.05) is 66.7 Å². The standard InChI is InChI=1S/C38H31N3O5S/c1-25-17-18-29(38(45)46)24-32(25)40-37(44)34(27-13-7-3-8-14-27)47-31-21-19-30(20-22-31)39-36(43)33(23-26-11-5-2-6-12-26)41-35(42)28-15-9-4-10-16-28/h2-24,34H,1H3,(H,39,43)(H,40,44)(H,41,42)(H,45,46)/b33-23-. The molecular weight excluding hydrogens is 611 g/mol. The van der Waals surface area contributed by atoms with E-state index in [0.717, 1.165) is 21.6 Å². The number of thioether (sulfide) groups is 1. The van der Waals surface area contributed by atoms with Crippen LogP contribution < -0.4 is 16.0 Å². The average molecular weight is 642 g/mol. The summed E-state index contributed by atoms with van der Waals surface area (Å²) in [5.41, 5.74) is 3.74. The number of aryl methyl sites for hydroxylation is 1. The van der Waals surface area contributed by atoms with E-state index in [1.54, 1.807) is 67.6 Å². The number of anilines is 2. The molecule has 0 saturated carbocycles. The quantitative estimate of drug-likeness (QED) is 0.0871. The minimum Gasteiger partial charge on any atom is -0.478 e. The van der Waals surface area contributed by atoms with Crippen LogP contribution in [0, 0.1) is 6.92 Å². The van der Waals surface area contributed by atoms with E-state index < -0.39 is 23.0 Å². The third-order valence-electron chi connectivity index (χ3n) is 7.09. The lowest BCUT2D eigenvalue weighted by Gasteiger charge is -2.18. The molecular formula is C38H31N3O5S. The molecule has 1 unspecified atom stereocenters. The Morgan fingerprint density at radius 1 is 0.702 bits per heavy atom. The predicted octanol–water partition coefficient (Wildman–Crippen LogP) is 7.57. The smallest absolute Gasteiger partial charge is 0.335 e. The molecule has 8 nitrogen and oxygen atoms in total. The number of hydrogen-bond donors (Lipinski definition) is 4. The summed E-state index contributed by atoms with van der Waals surface area (Å²) in [5, 5.41) is 17.2. The molecule has 0 aromatic heterocycles. The number of aromatic carboxylic acids is 1. The number of nitrogens with one attached hydrogen (secondary N) is 3. The second-order valence-electron chi connectivity index (χ2n) is 10.5. The van der Waals surface area contributed by atoms with E-state index >= 15 is 0 Å². The Bertz CT molecular complexity index is 1910. The van der Waals surface area contributed by atoms with Crippen LogP contribution >= 0.6 is 11.8 Å². The molecule has 0 aliphatic carbocycles. The first-order valence-electron chi connectivity index (χ1n) is 14.7. The Kier molecular flexibility index (Phi) is 10.6. The molecule has 234 valence electrons. The van der Waals surface area contributed by atoms with Gasteiger partial charge >= 0.3 is 5.97 Å². The first-order valence-corrected chi connectivity index (χ1v) is 15.6. The molecule has 5 aromatic carbocycles. The van der Waals surface area contributed by atoms with Gasteiger partial charge in [0.05, 0.1) is 5.56 Å². The van der Waals surface area contributed by atoms with E-state index in [-0.39, 0.29) is 17.2 Å². The Labute approximate surface area is 276 Å². The first kappa shape index (κ1) is 32.5. The zero-order valence-corrected chi connectivity index (χ0v) is 26.2. The van der Waals surface area contributed by atoms with Gasteiger partial charge < -0.3 is 21.1 Å². The van der Waals surface area contributed by atoms with Gasteiger partial charge in [0.25, 0.3) is 11.8 Å². The summed E-state index contributed by atoms with van der Waals surface area (Å²) in [6, 6.07) is 38.8. The van der Waals surface area contributed by atoms with E-state index in [2.05, 4.69) is 16.0 Å². The molecule has 0 radical (unpaired) electrons. The molecule has 9 heteroatoms. The van der Waals surface area contributed by atoms with Crippen LogP contribution in [0.1, 0.15) is 42.7 Å². The number of benzene rings is 5. The third kappa shape index (κ3) is 8.84. The van der Waals surface area contributed by atoms with Crippen molar-refractivity contribution in [3.8, 4) is 0 Å². The van der Waals surface area contributed by atoms with Crippen LogP contribution in [0.5, 0.6) is 0 Å². The summed E-state index contributed by atoms with van der Waals surface area (Å²) in [5.74, 6) is -2.30. The second-order valence-corrected chi connectivity index (χ2v) is 11.7. The minimum absolute atomic E-state index is 0.0755. The van der Waals surface area contributed by atoms with Crippen LogP contribution in [-0.2, 0) is 9.59 Å². The molecule has 0 fully saturated rings. The van der Waals surface area contributed by atoms with Crippen molar-refractivity contribution < 1.29 is 24.3 Å². The van der Waals surface area contributed by atoms with Crippen molar-refractivity contribution in [3.05, 3.63) is 167 Å².